The van der Waals surface area contributed by atoms with Crippen molar-refractivity contribution in [1.82, 2.24) is 4.90 Å². The summed E-state index contributed by atoms with van der Waals surface area (Å²) in [5, 5.41) is 9.20. The quantitative estimate of drug-likeness (QED) is 0.764. The van der Waals surface area contributed by atoms with Crippen LogP contribution in [0.4, 0.5) is 4.79 Å². The Kier molecular flexibility index (Phi) is 5.76. The molecule has 0 radical (unpaired) electrons. The van der Waals surface area contributed by atoms with Gasteiger partial charge in [0.2, 0.25) is 0 Å². The van der Waals surface area contributed by atoms with E-state index in [2.05, 4.69) is 0 Å². The van der Waals surface area contributed by atoms with E-state index < -0.39 is 29.9 Å². The number of rotatable bonds is 3. The van der Waals surface area contributed by atoms with Gasteiger partial charge in [0.1, 0.15) is 5.60 Å². The Hall–Kier alpha value is -1.34. The molecule has 116 valence electrons. The van der Waals surface area contributed by atoms with E-state index in [1.54, 1.807) is 27.7 Å². The fourth-order valence-corrected chi connectivity index (χ4v) is 1.78. The van der Waals surface area contributed by atoms with Crippen LogP contribution in [-0.4, -0.2) is 66.2 Å². The van der Waals surface area contributed by atoms with E-state index in [9.17, 15) is 14.7 Å². The minimum atomic E-state index is -0.895. The van der Waals surface area contributed by atoms with Gasteiger partial charge in [-0.2, -0.15) is 0 Å². The average Bonchev–Trinajstić information content (AvgIpc) is 2.36. The zero-order valence-corrected chi connectivity index (χ0v) is 12.4. The Morgan fingerprint density at radius 1 is 1.35 bits per heavy atom. The van der Waals surface area contributed by atoms with Crippen molar-refractivity contribution in [2.75, 3.05) is 26.3 Å². The fraction of sp³-hybridized carbons (Fsp3) is 0.846. The number of aliphatic hydroxyl groups is 1. The number of aliphatic hydroxyl groups excluding tert-OH is 1. The van der Waals surface area contributed by atoms with Gasteiger partial charge in [-0.25, -0.2) is 9.59 Å². The maximum absolute atomic E-state index is 12.0. The van der Waals surface area contributed by atoms with Crippen LogP contribution in [0.15, 0.2) is 0 Å². The number of hydrogen-bond acceptors (Lipinski definition) is 6. The Bertz CT molecular complexity index is 351. The van der Waals surface area contributed by atoms with Gasteiger partial charge in [-0.3, -0.25) is 0 Å². The first-order valence-corrected chi connectivity index (χ1v) is 6.67. The molecule has 1 N–H and O–H groups in total. The van der Waals surface area contributed by atoms with Gasteiger partial charge in [0.25, 0.3) is 0 Å². The SMILES string of the molecule is CCOC(=O)[C@H]1CN(C(=O)OC(C)(C)C)C[C@@H](CO)O1. The smallest absolute Gasteiger partial charge is 0.410 e. The molecule has 1 fully saturated rings. The molecule has 0 aromatic carbocycles. The molecule has 1 aliphatic heterocycles. The minimum Gasteiger partial charge on any atom is -0.464 e. The van der Waals surface area contributed by atoms with Crippen molar-refractivity contribution in [2.45, 2.75) is 45.5 Å². The summed E-state index contributed by atoms with van der Waals surface area (Å²) in [5.74, 6) is -0.542. The molecule has 0 aliphatic carbocycles. The Morgan fingerprint density at radius 3 is 2.50 bits per heavy atom. The van der Waals surface area contributed by atoms with Gasteiger partial charge >= 0.3 is 12.1 Å². The molecule has 2 atom stereocenters. The highest BCUT2D eigenvalue weighted by atomic mass is 16.6. The Morgan fingerprint density at radius 2 is 2.00 bits per heavy atom. The predicted molar refractivity (Wildman–Crippen MR) is 70.2 cm³/mol. The van der Waals surface area contributed by atoms with E-state index in [1.165, 1.54) is 4.90 Å². The first-order valence-electron chi connectivity index (χ1n) is 6.67. The second-order valence-corrected chi connectivity index (χ2v) is 5.57. The van der Waals surface area contributed by atoms with Crippen molar-refractivity contribution < 1.29 is 28.9 Å². The molecular weight excluding hydrogens is 266 g/mol. The second-order valence-electron chi connectivity index (χ2n) is 5.57. The van der Waals surface area contributed by atoms with Crippen LogP contribution in [0.5, 0.6) is 0 Å². The van der Waals surface area contributed by atoms with Crippen LogP contribution in [0.1, 0.15) is 27.7 Å². The lowest BCUT2D eigenvalue weighted by Crippen LogP contribution is -2.54. The number of amides is 1. The summed E-state index contributed by atoms with van der Waals surface area (Å²) in [5.41, 5.74) is -0.622. The fourth-order valence-electron chi connectivity index (χ4n) is 1.78. The van der Waals surface area contributed by atoms with Crippen LogP contribution in [0, 0.1) is 0 Å². The Balaban J connectivity index is 2.71. The van der Waals surface area contributed by atoms with E-state index >= 15 is 0 Å². The van der Waals surface area contributed by atoms with Crippen LogP contribution >= 0.6 is 0 Å². The molecule has 1 heterocycles. The highest BCUT2D eigenvalue weighted by Crippen LogP contribution is 2.16. The lowest BCUT2D eigenvalue weighted by molar-refractivity contribution is -0.171. The topological polar surface area (TPSA) is 85.3 Å². The van der Waals surface area contributed by atoms with Crippen LogP contribution in [0.25, 0.3) is 0 Å². The van der Waals surface area contributed by atoms with Gasteiger partial charge < -0.3 is 24.2 Å². The van der Waals surface area contributed by atoms with Gasteiger partial charge in [0.05, 0.1) is 32.4 Å². The number of hydrogen-bond donors (Lipinski definition) is 1. The number of ether oxygens (including phenoxy) is 3. The van der Waals surface area contributed by atoms with Crippen molar-refractivity contribution in [2.24, 2.45) is 0 Å². The summed E-state index contributed by atoms with van der Waals surface area (Å²) in [4.78, 5) is 25.1. The van der Waals surface area contributed by atoms with Gasteiger partial charge in [0, 0.05) is 0 Å². The molecule has 0 spiro atoms. The van der Waals surface area contributed by atoms with Gasteiger partial charge in [-0.05, 0) is 27.7 Å². The minimum absolute atomic E-state index is 0.0598. The van der Waals surface area contributed by atoms with E-state index in [4.69, 9.17) is 14.2 Å². The number of carbonyl (C=O) groups is 2. The summed E-state index contributed by atoms with van der Waals surface area (Å²) in [7, 11) is 0. The van der Waals surface area contributed by atoms with Crippen molar-refractivity contribution in [3.05, 3.63) is 0 Å². The maximum Gasteiger partial charge on any atom is 0.410 e. The first-order chi connectivity index (χ1) is 9.26. The van der Waals surface area contributed by atoms with E-state index in [0.29, 0.717) is 0 Å². The molecule has 0 aromatic heterocycles. The molecule has 1 rings (SSSR count). The van der Waals surface area contributed by atoms with Crippen molar-refractivity contribution in [3.63, 3.8) is 0 Å². The lowest BCUT2D eigenvalue weighted by atomic mass is 10.2. The first kappa shape index (κ1) is 16.7. The van der Waals surface area contributed by atoms with E-state index in [0.717, 1.165) is 0 Å². The van der Waals surface area contributed by atoms with Crippen molar-refractivity contribution >= 4 is 12.1 Å². The van der Waals surface area contributed by atoms with Crippen LogP contribution < -0.4 is 0 Å². The zero-order chi connectivity index (χ0) is 15.3. The largest absolute Gasteiger partial charge is 0.464 e. The van der Waals surface area contributed by atoms with Crippen LogP contribution in [0.3, 0.4) is 0 Å². The van der Waals surface area contributed by atoms with E-state index in [-0.39, 0.29) is 26.3 Å². The highest BCUT2D eigenvalue weighted by molar-refractivity contribution is 5.77. The maximum atomic E-state index is 12.0. The predicted octanol–water partition coefficient (Wildman–Crippen LogP) is 0.546. The molecular formula is C13H23NO6. The molecule has 7 nitrogen and oxygen atoms in total. The average molecular weight is 289 g/mol. The molecule has 0 aromatic rings. The Labute approximate surface area is 118 Å². The highest BCUT2D eigenvalue weighted by Gasteiger charge is 2.36. The summed E-state index contributed by atoms with van der Waals surface area (Å²) in [6.07, 6.45) is -2.05. The van der Waals surface area contributed by atoms with Crippen LogP contribution in [0.2, 0.25) is 0 Å². The summed E-state index contributed by atoms with van der Waals surface area (Å²) >= 11 is 0. The third kappa shape index (κ3) is 4.97. The third-order valence-electron chi connectivity index (χ3n) is 2.57. The van der Waals surface area contributed by atoms with Crippen molar-refractivity contribution in [3.8, 4) is 0 Å². The normalized spacial score (nSPS) is 23.4. The van der Waals surface area contributed by atoms with Gasteiger partial charge in [0.15, 0.2) is 6.10 Å². The molecule has 7 heteroatoms. The van der Waals surface area contributed by atoms with Gasteiger partial charge in [-0.1, -0.05) is 0 Å². The molecule has 1 aliphatic rings. The molecule has 0 unspecified atom stereocenters. The number of morpholine rings is 1. The van der Waals surface area contributed by atoms with Gasteiger partial charge in [-0.15, -0.1) is 0 Å². The monoisotopic (exact) mass is 289 g/mol. The number of carbonyl (C=O) groups excluding carboxylic acids is 2. The number of esters is 1. The second kappa shape index (κ2) is 6.90. The summed E-state index contributed by atoms with van der Waals surface area (Å²) in [6, 6.07) is 0. The molecule has 0 saturated carbocycles. The lowest BCUT2D eigenvalue weighted by Gasteiger charge is -2.36. The summed E-state index contributed by atoms with van der Waals surface area (Å²) in [6.45, 7) is 7.17. The molecule has 1 amide bonds. The standard InChI is InChI=1S/C13H23NO6/c1-5-18-11(16)10-7-14(6-9(8-15)19-10)12(17)20-13(2,3)4/h9-10,15H,5-8H2,1-4H3/t9-,10+/m0/s1. The molecule has 20 heavy (non-hydrogen) atoms. The number of nitrogens with zero attached hydrogens (tertiary/aromatic N) is 1. The van der Waals surface area contributed by atoms with E-state index in [1.807, 2.05) is 0 Å². The summed E-state index contributed by atoms with van der Waals surface area (Å²) < 4.78 is 15.5. The van der Waals surface area contributed by atoms with Crippen LogP contribution in [-0.2, 0) is 19.0 Å². The third-order valence-corrected chi connectivity index (χ3v) is 2.57. The molecule has 0 bridgehead atoms. The zero-order valence-electron chi connectivity index (χ0n) is 12.4. The molecule has 1 saturated heterocycles. The van der Waals surface area contributed by atoms with Crippen molar-refractivity contribution in [1.29, 1.82) is 0 Å².